The van der Waals surface area contributed by atoms with Gasteiger partial charge in [-0.1, -0.05) is 13.3 Å². The second kappa shape index (κ2) is 8.53. The lowest BCUT2D eigenvalue weighted by atomic mass is 10.2. The van der Waals surface area contributed by atoms with Gasteiger partial charge >= 0.3 is 5.97 Å². The fourth-order valence-electron chi connectivity index (χ4n) is 2.16. The van der Waals surface area contributed by atoms with Gasteiger partial charge in [-0.15, -0.1) is 0 Å². The molecular formula is C18H22N2O4S. The summed E-state index contributed by atoms with van der Waals surface area (Å²) in [6.07, 6.45) is 1.47. The van der Waals surface area contributed by atoms with Gasteiger partial charge in [0.15, 0.2) is 0 Å². The number of carbonyl (C=O) groups excluding carboxylic acids is 1. The summed E-state index contributed by atoms with van der Waals surface area (Å²) < 4.78 is 31.0. The summed E-state index contributed by atoms with van der Waals surface area (Å²) in [6, 6.07) is 13.9. The molecule has 0 spiro atoms. The number of methoxy groups -OCH3 is 1. The molecule has 2 rings (SSSR count). The van der Waals surface area contributed by atoms with Crippen LogP contribution in [0.5, 0.6) is 0 Å². The van der Waals surface area contributed by atoms with Crippen molar-refractivity contribution in [2.75, 3.05) is 22.9 Å². The lowest BCUT2D eigenvalue weighted by Crippen LogP contribution is -2.16. The fraction of sp³-hybridized carbons (Fsp3) is 0.278. The number of rotatable bonds is 8. The molecule has 2 aromatic carbocycles. The van der Waals surface area contributed by atoms with Crippen LogP contribution in [0.3, 0.4) is 0 Å². The Hall–Kier alpha value is -2.54. The van der Waals surface area contributed by atoms with Gasteiger partial charge in [-0.25, -0.2) is 13.2 Å². The molecule has 2 N–H and O–H groups in total. The SMILES string of the molecule is CCCCS(=O)(=O)Nc1ccc(Nc2ccc(C(=O)OC)cc2)cc1. The molecule has 0 saturated carbocycles. The minimum atomic E-state index is -3.30. The minimum absolute atomic E-state index is 0.121. The van der Waals surface area contributed by atoms with Crippen molar-refractivity contribution in [3.8, 4) is 0 Å². The first kappa shape index (κ1) is 18.8. The molecule has 0 bridgehead atoms. The van der Waals surface area contributed by atoms with Crippen molar-refractivity contribution in [2.24, 2.45) is 0 Å². The molecule has 0 fully saturated rings. The number of hydrogen-bond acceptors (Lipinski definition) is 5. The summed E-state index contributed by atoms with van der Waals surface area (Å²) in [5.41, 5.74) is 2.62. The molecule has 6 nitrogen and oxygen atoms in total. The largest absolute Gasteiger partial charge is 0.465 e. The smallest absolute Gasteiger partial charge is 0.337 e. The van der Waals surface area contributed by atoms with Gasteiger partial charge in [-0.05, 0) is 55.0 Å². The number of unbranched alkanes of at least 4 members (excludes halogenated alkanes) is 1. The summed E-state index contributed by atoms with van der Waals surface area (Å²) in [7, 11) is -1.96. The molecule has 0 unspecified atom stereocenters. The summed E-state index contributed by atoms with van der Waals surface area (Å²) >= 11 is 0. The molecule has 0 saturated heterocycles. The molecule has 134 valence electrons. The lowest BCUT2D eigenvalue weighted by molar-refractivity contribution is 0.0601. The predicted molar refractivity (Wildman–Crippen MR) is 99.8 cm³/mol. The Morgan fingerprint density at radius 1 is 0.960 bits per heavy atom. The third-order valence-corrected chi connectivity index (χ3v) is 4.89. The van der Waals surface area contributed by atoms with Crippen molar-refractivity contribution in [1.82, 2.24) is 0 Å². The van der Waals surface area contributed by atoms with Crippen LogP contribution in [-0.4, -0.2) is 27.2 Å². The Labute approximate surface area is 148 Å². The van der Waals surface area contributed by atoms with E-state index in [2.05, 4.69) is 14.8 Å². The van der Waals surface area contributed by atoms with Crippen LogP contribution in [0.25, 0.3) is 0 Å². The molecule has 0 amide bonds. The van der Waals surface area contributed by atoms with Gasteiger partial charge in [0, 0.05) is 17.1 Å². The number of ether oxygens (including phenoxy) is 1. The van der Waals surface area contributed by atoms with Gasteiger partial charge < -0.3 is 10.1 Å². The van der Waals surface area contributed by atoms with Crippen molar-refractivity contribution in [3.05, 3.63) is 54.1 Å². The average molecular weight is 362 g/mol. The van der Waals surface area contributed by atoms with Gasteiger partial charge in [0.2, 0.25) is 10.0 Å². The Morgan fingerprint density at radius 3 is 2.00 bits per heavy atom. The zero-order valence-corrected chi connectivity index (χ0v) is 15.1. The van der Waals surface area contributed by atoms with Gasteiger partial charge in [0.1, 0.15) is 0 Å². The van der Waals surface area contributed by atoms with E-state index < -0.39 is 10.0 Å². The first-order valence-corrected chi connectivity index (χ1v) is 9.64. The van der Waals surface area contributed by atoms with Gasteiger partial charge in [0.05, 0.1) is 18.4 Å². The van der Waals surface area contributed by atoms with Crippen molar-refractivity contribution < 1.29 is 17.9 Å². The highest BCUT2D eigenvalue weighted by Gasteiger charge is 2.09. The zero-order chi connectivity index (χ0) is 18.3. The third kappa shape index (κ3) is 5.79. The fourth-order valence-corrected chi connectivity index (χ4v) is 3.43. The van der Waals surface area contributed by atoms with Crippen LogP contribution in [-0.2, 0) is 14.8 Å². The standard InChI is InChI=1S/C18H22N2O4S/c1-3-4-13-25(22,23)20-17-11-9-16(10-12-17)19-15-7-5-14(6-8-15)18(21)24-2/h5-12,19-20H,3-4,13H2,1-2H3. The van der Waals surface area contributed by atoms with Crippen LogP contribution in [0.15, 0.2) is 48.5 Å². The molecular weight excluding hydrogens is 340 g/mol. The molecule has 2 aromatic rings. The third-order valence-electron chi connectivity index (χ3n) is 3.52. The Kier molecular flexibility index (Phi) is 6.41. The van der Waals surface area contributed by atoms with E-state index in [0.717, 1.165) is 17.8 Å². The molecule has 25 heavy (non-hydrogen) atoms. The Balaban J connectivity index is 1.99. The number of hydrogen-bond donors (Lipinski definition) is 2. The monoisotopic (exact) mass is 362 g/mol. The second-order valence-corrected chi connectivity index (χ2v) is 7.39. The minimum Gasteiger partial charge on any atom is -0.465 e. The predicted octanol–water partition coefficient (Wildman–Crippen LogP) is 3.76. The average Bonchev–Trinajstić information content (AvgIpc) is 2.61. The van der Waals surface area contributed by atoms with Crippen LogP contribution in [0.4, 0.5) is 17.1 Å². The topological polar surface area (TPSA) is 84.5 Å². The maximum atomic E-state index is 11.9. The Morgan fingerprint density at radius 2 is 1.48 bits per heavy atom. The number of nitrogens with one attached hydrogen (secondary N) is 2. The molecule has 0 aliphatic heterocycles. The van der Waals surface area contributed by atoms with Crippen molar-refractivity contribution in [1.29, 1.82) is 0 Å². The first-order chi connectivity index (χ1) is 11.9. The summed E-state index contributed by atoms with van der Waals surface area (Å²) in [4.78, 5) is 11.4. The molecule has 0 atom stereocenters. The van der Waals surface area contributed by atoms with E-state index in [-0.39, 0.29) is 11.7 Å². The molecule has 0 aliphatic rings. The highest BCUT2D eigenvalue weighted by atomic mass is 32.2. The van der Waals surface area contributed by atoms with Crippen LogP contribution < -0.4 is 10.0 Å². The maximum Gasteiger partial charge on any atom is 0.337 e. The maximum absolute atomic E-state index is 11.9. The normalized spacial score (nSPS) is 11.0. The van der Waals surface area contributed by atoms with E-state index >= 15 is 0 Å². The summed E-state index contributed by atoms with van der Waals surface area (Å²) in [6.45, 7) is 1.95. The van der Waals surface area contributed by atoms with Crippen molar-refractivity contribution in [2.45, 2.75) is 19.8 Å². The number of anilines is 3. The first-order valence-electron chi connectivity index (χ1n) is 7.99. The molecule has 0 radical (unpaired) electrons. The van der Waals surface area contributed by atoms with E-state index in [1.54, 1.807) is 48.5 Å². The second-order valence-electron chi connectivity index (χ2n) is 5.55. The Bertz CT molecular complexity index is 800. The van der Waals surface area contributed by atoms with Crippen LogP contribution in [0.2, 0.25) is 0 Å². The van der Waals surface area contributed by atoms with Gasteiger partial charge in [-0.2, -0.15) is 0 Å². The van der Waals surface area contributed by atoms with E-state index in [1.165, 1.54) is 7.11 Å². The van der Waals surface area contributed by atoms with Gasteiger partial charge in [0.25, 0.3) is 0 Å². The molecule has 0 aromatic heterocycles. The van der Waals surface area contributed by atoms with E-state index in [9.17, 15) is 13.2 Å². The molecule has 0 heterocycles. The number of sulfonamides is 1. The van der Waals surface area contributed by atoms with Crippen molar-refractivity contribution in [3.63, 3.8) is 0 Å². The van der Waals surface area contributed by atoms with E-state index in [1.807, 2.05) is 6.92 Å². The lowest BCUT2D eigenvalue weighted by Gasteiger charge is -2.10. The van der Waals surface area contributed by atoms with E-state index in [0.29, 0.717) is 17.7 Å². The van der Waals surface area contributed by atoms with Crippen LogP contribution in [0.1, 0.15) is 30.1 Å². The number of esters is 1. The highest BCUT2D eigenvalue weighted by molar-refractivity contribution is 7.92. The van der Waals surface area contributed by atoms with Crippen LogP contribution >= 0.6 is 0 Å². The molecule has 7 heteroatoms. The van der Waals surface area contributed by atoms with Gasteiger partial charge in [-0.3, -0.25) is 4.72 Å². The number of benzene rings is 2. The zero-order valence-electron chi connectivity index (χ0n) is 14.3. The van der Waals surface area contributed by atoms with E-state index in [4.69, 9.17) is 0 Å². The highest BCUT2D eigenvalue weighted by Crippen LogP contribution is 2.20. The van der Waals surface area contributed by atoms with Crippen LogP contribution in [0, 0.1) is 0 Å². The molecule has 0 aliphatic carbocycles. The van der Waals surface area contributed by atoms with Crippen molar-refractivity contribution >= 4 is 33.1 Å². The summed E-state index contributed by atoms with van der Waals surface area (Å²) in [5.74, 6) is -0.262. The quantitative estimate of drug-likeness (QED) is 0.699. The number of carbonyl (C=O) groups is 1. The summed E-state index contributed by atoms with van der Waals surface area (Å²) in [5, 5.41) is 3.18.